The highest BCUT2D eigenvalue weighted by molar-refractivity contribution is 6.03. The average molecular weight is 689 g/mol. The van der Waals surface area contributed by atoms with Gasteiger partial charge in [-0.1, -0.05) is 54.6 Å². The van der Waals surface area contributed by atoms with Crippen LogP contribution in [0.5, 0.6) is 5.75 Å². The Bertz CT molecular complexity index is 1960. The molecule has 266 valence electrons. The van der Waals surface area contributed by atoms with Gasteiger partial charge in [-0.05, 0) is 110 Å². The Labute approximate surface area is 300 Å². The lowest BCUT2D eigenvalue weighted by Gasteiger charge is -2.21. The molecule has 2 aliphatic heterocycles. The lowest BCUT2D eigenvalue weighted by molar-refractivity contribution is -0.147. The maximum absolute atomic E-state index is 13.2. The second kappa shape index (κ2) is 15.2. The van der Waals surface area contributed by atoms with Crippen molar-refractivity contribution in [2.24, 2.45) is 5.41 Å². The topological polar surface area (TPSA) is 115 Å². The molecule has 2 fully saturated rings. The summed E-state index contributed by atoms with van der Waals surface area (Å²) in [6.45, 7) is 12.2. The van der Waals surface area contributed by atoms with E-state index in [0.717, 1.165) is 81.0 Å². The van der Waals surface area contributed by atoms with Crippen LogP contribution in [0, 0.1) is 26.2 Å². The number of carboxylic acids is 1. The molecule has 0 bridgehead atoms. The number of methoxy groups -OCH3 is 1. The van der Waals surface area contributed by atoms with Crippen LogP contribution in [-0.2, 0) is 17.9 Å². The van der Waals surface area contributed by atoms with Gasteiger partial charge in [0.2, 0.25) is 0 Å². The number of ether oxygens (including phenoxy) is 1. The van der Waals surface area contributed by atoms with Crippen molar-refractivity contribution < 1.29 is 24.5 Å². The molecule has 3 N–H and O–H groups in total. The highest BCUT2D eigenvalue weighted by Gasteiger charge is 2.40. The van der Waals surface area contributed by atoms with Crippen LogP contribution in [0.15, 0.2) is 66.9 Å². The van der Waals surface area contributed by atoms with Crippen molar-refractivity contribution in [3.63, 3.8) is 0 Å². The van der Waals surface area contributed by atoms with Crippen molar-refractivity contribution in [3.05, 3.63) is 111 Å². The monoisotopic (exact) mass is 688 g/mol. The number of aliphatic hydroxyl groups excluding tert-OH is 1. The summed E-state index contributed by atoms with van der Waals surface area (Å²) in [7, 11) is 1.68. The molecule has 0 aliphatic carbocycles. The Hall–Kier alpha value is -4.83. The van der Waals surface area contributed by atoms with Gasteiger partial charge in [-0.15, -0.1) is 0 Å². The third kappa shape index (κ3) is 8.06. The predicted octanol–water partition coefficient (Wildman–Crippen LogP) is 6.97. The van der Waals surface area contributed by atoms with Crippen LogP contribution in [0.25, 0.3) is 23.3 Å². The zero-order valence-corrected chi connectivity index (χ0v) is 30.2. The number of likely N-dealkylation sites (tertiary alicyclic amines) is 2. The number of benzene rings is 3. The number of carbonyl (C=O) groups excluding carboxylic acids is 1. The summed E-state index contributed by atoms with van der Waals surface area (Å²) in [5.41, 5.74) is 9.91. The highest BCUT2D eigenvalue weighted by Crippen LogP contribution is 2.35. The molecule has 0 radical (unpaired) electrons. The molecule has 2 saturated heterocycles. The number of aliphatic carboxylic acids is 1. The summed E-state index contributed by atoms with van der Waals surface area (Å²) in [5, 5.41) is 22.5. The molecule has 2 atom stereocenters. The normalized spacial score (nSPS) is 19.5. The molecular formula is C42H48N4O5. The van der Waals surface area contributed by atoms with E-state index in [1.807, 2.05) is 32.0 Å². The van der Waals surface area contributed by atoms with Crippen molar-refractivity contribution in [1.29, 1.82) is 0 Å². The first-order chi connectivity index (χ1) is 24.4. The highest BCUT2D eigenvalue weighted by atomic mass is 16.5. The molecule has 2 aliphatic rings. The molecule has 3 heterocycles. The number of amides is 1. The van der Waals surface area contributed by atoms with Crippen LogP contribution in [-0.4, -0.2) is 76.3 Å². The zero-order chi connectivity index (χ0) is 36.3. The first kappa shape index (κ1) is 36.0. The number of aromatic nitrogens is 1. The van der Waals surface area contributed by atoms with Gasteiger partial charge in [0, 0.05) is 50.2 Å². The number of carboxylic acid groups (broad SMARTS) is 1. The van der Waals surface area contributed by atoms with Crippen molar-refractivity contribution in [1.82, 2.24) is 14.8 Å². The fourth-order valence-corrected chi connectivity index (χ4v) is 7.28. The minimum atomic E-state index is -0.742. The van der Waals surface area contributed by atoms with Gasteiger partial charge in [0.15, 0.2) is 0 Å². The molecular weight excluding hydrogens is 640 g/mol. The van der Waals surface area contributed by atoms with Gasteiger partial charge in [-0.25, -0.2) is 0 Å². The summed E-state index contributed by atoms with van der Waals surface area (Å²) >= 11 is 0. The standard InChI is InChI=1S/C42H48N4O5/c1-27-20-33(24-46-19-17-42(4,26-46)41(49)50)39(51-5)21-32(27)14-13-31-8-6-9-35(28(31)2)36-10-7-11-37(29(36)3)44-40(48)38-15-12-30(22-43-38)23-45-18-16-34(47)25-45/h6-15,20-22,34,47H,16-19,23-26H2,1-5H3,(H,44,48)(H,49,50)/b14-13+/t34-,42?/m1/s1. The largest absolute Gasteiger partial charge is 0.496 e. The zero-order valence-electron chi connectivity index (χ0n) is 30.2. The fraction of sp³-hybridized carbons (Fsp3) is 0.357. The molecule has 0 spiro atoms. The van der Waals surface area contributed by atoms with Crippen LogP contribution in [0.4, 0.5) is 5.69 Å². The Kier molecular flexibility index (Phi) is 10.7. The summed E-state index contributed by atoms with van der Waals surface area (Å²) in [6, 6.07) is 20.1. The number of nitrogens with zero attached hydrogens (tertiary/aromatic N) is 3. The average Bonchev–Trinajstić information content (AvgIpc) is 3.71. The quantitative estimate of drug-likeness (QED) is 0.145. The van der Waals surface area contributed by atoms with Crippen LogP contribution >= 0.6 is 0 Å². The van der Waals surface area contributed by atoms with E-state index in [1.54, 1.807) is 19.4 Å². The number of anilines is 1. The number of pyridine rings is 1. The fourth-order valence-electron chi connectivity index (χ4n) is 7.28. The minimum absolute atomic E-state index is 0.261. The van der Waals surface area contributed by atoms with E-state index < -0.39 is 11.4 Å². The lowest BCUT2D eigenvalue weighted by atomic mass is 9.90. The Morgan fingerprint density at radius 2 is 1.71 bits per heavy atom. The minimum Gasteiger partial charge on any atom is -0.496 e. The van der Waals surface area contributed by atoms with E-state index in [0.29, 0.717) is 38.3 Å². The van der Waals surface area contributed by atoms with E-state index in [2.05, 4.69) is 82.5 Å². The summed E-state index contributed by atoms with van der Waals surface area (Å²) in [6.07, 6.45) is 7.14. The van der Waals surface area contributed by atoms with Gasteiger partial charge in [0.05, 0.1) is 18.6 Å². The maximum atomic E-state index is 13.2. The maximum Gasteiger partial charge on any atom is 0.310 e. The van der Waals surface area contributed by atoms with Gasteiger partial charge in [0.25, 0.3) is 5.91 Å². The van der Waals surface area contributed by atoms with E-state index in [4.69, 9.17) is 4.74 Å². The van der Waals surface area contributed by atoms with Crippen molar-refractivity contribution >= 4 is 29.7 Å². The van der Waals surface area contributed by atoms with Crippen LogP contribution in [0.2, 0.25) is 0 Å². The summed E-state index contributed by atoms with van der Waals surface area (Å²) < 4.78 is 5.80. The molecule has 6 rings (SSSR count). The molecule has 9 heteroatoms. The summed E-state index contributed by atoms with van der Waals surface area (Å²) in [5.74, 6) is -0.213. The second-order valence-corrected chi connectivity index (χ2v) is 14.4. The second-order valence-electron chi connectivity index (χ2n) is 14.4. The van der Waals surface area contributed by atoms with Crippen molar-refractivity contribution in [2.45, 2.75) is 59.7 Å². The molecule has 3 aromatic carbocycles. The molecule has 4 aromatic rings. The molecule has 0 saturated carbocycles. The van der Waals surface area contributed by atoms with Crippen LogP contribution in [0.1, 0.15) is 69.2 Å². The number of β-amino-alcohol motifs (C(OH)–C–C–N with tert-alkyl or cyclic N) is 1. The first-order valence-electron chi connectivity index (χ1n) is 17.6. The number of hydrogen-bond donors (Lipinski definition) is 3. The SMILES string of the molecule is COc1cc(/C=C/c2cccc(-c3cccc(NC(=O)c4ccc(CN5CC[C@@H](O)C5)cn4)c3C)c2C)c(C)cc1CN1CCC(C)(C(=O)O)C1. The number of hydrogen-bond acceptors (Lipinski definition) is 7. The van der Waals surface area contributed by atoms with E-state index in [9.17, 15) is 19.8 Å². The van der Waals surface area contributed by atoms with Gasteiger partial charge in [0.1, 0.15) is 11.4 Å². The number of rotatable bonds is 11. The van der Waals surface area contributed by atoms with E-state index >= 15 is 0 Å². The van der Waals surface area contributed by atoms with Gasteiger partial charge in [-0.2, -0.15) is 0 Å². The van der Waals surface area contributed by atoms with Gasteiger partial charge < -0.3 is 20.3 Å². The number of aryl methyl sites for hydroxylation is 1. The van der Waals surface area contributed by atoms with Gasteiger partial charge >= 0.3 is 5.97 Å². The number of nitrogens with one attached hydrogen (secondary N) is 1. The molecule has 1 aromatic heterocycles. The summed E-state index contributed by atoms with van der Waals surface area (Å²) in [4.78, 5) is 33.8. The van der Waals surface area contributed by atoms with E-state index in [1.165, 1.54) is 0 Å². The molecule has 1 amide bonds. The third-order valence-electron chi connectivity index (χ3n) is 10.5. The van der Waals surface area contributed by atoms with E-state index in [-0.39, 0.29) is 12.0 Å². The Morgan fingerprint density at radius 3 is 2.37 bits per heavy atom. The first-order valence-corrected chi connectivity index (χ1v) is 17.6. The Balaban J connectivity index is 1.16. The molecule has 51 heavy (non-hydrogen) atoms. The third-order valence-corrected chi connectivity index (χ3v) is 10.5. The Morgan fingerprint density at radius 1 is 0.961 bits per heavy atom. The number of aliphatic hydroxyl groups is 1. The van der Waals surface area contributed by atoms with Crippen LogP contribution < -0.4 is 10.1 Å². The molecule has 9 nitrogen and oxygen atoms in total. The number of carbonyl (C=O) groups is 2. The van der Waals surface area contributed by atoms with Crippen molar-refractivity contribution in [3.8, 4) is 16.9 Å². The van der Waals surface area contributed by atoms with Gasteiger partial charge in [-0.3, -0.25) is 24.4 Å². The lowest BCUT2D eigenvalue weighted by Crippen LogP contribution is -2.31. The molecule has 1 unspecified atom stereocenters. The van der Waals surface area contributed by atoms with Crippen LogP contribution in [0.3, 0.4) is 0 Å². The smallest absolute Gasteiger partial charge is 0.310 e. The van der Waals surface area contributed by atoms with Crippen molar-refractivity contribution in [2.75, 3.05) is 38.6 Å². The predicted molar refractivity (Wildman–Crippen MR) is 202 cm³/mol.